The zero-order valence-corrected chi connectivity index (χ0v) is 10.5. The topological polar surface area (TPSA) is 18.5 Å². The Balaban J connectivity index is 2.25. The van der Waals surface area contributed by atoms with Crippen LogP contribution in [0, 0.1) is 6.92 Å². The lowest BCUT2D eigenvalue weighted by Crippen LogP contribution is -2.27. The number of halogens is 1. The van der Waals surface area contributed by atoms with Crippen LogP contribution in [0.1, 0.15) is 11.1 Å². The van der Waals surface area contributed by atoms with Crippen LogP contribution in [0.25, 0.3) is 0 Å². The maximum absolute atomic E-state index is 5.92. The molecule has 2 nitrogen and oxygen atoms in total. The zero-order chi connectivity index (χ0) is 11.6. The van der Waals surface area contributed by atoms with Crippen molar-refractivity contribution in [3.05, 3.63) is 35.4 Å². The van der Waals surface area contributed by atoms with Crippen molar-refractivity contribution in [1.29, 1.82) is 0 Å². The van der Waals surface area contributed by atoms with Gasteiger partial charge >= 0.3 is 0 Å². The number of hydrogen-bond donors (Lipinski definition) is 0. The van der Waals surface area contributed by atoms with Crippen LogP contribution in [0.3, 0.4) is 0 Å². The molecule has 1 fully saturated rings. The van der Waals surface area contributed by atoms with Crippen LogP contribution in [0.2, 0.25) is 6.32 Å². The lowest BCUT2D eigenvalue weighted by atomic mass is 9.90. The van der Waals surface area contributed by atoms with E-state index in [2.05, 4.69) is 39.0 Å². The second-order valence-corrected chi connectivity index (χ2v) is 4.49. The van der Waals surface area contributed by atoms with Gasteiger partial charge in [-0.15, -0.1) is 11.6 Å². The van der Waals surface area contributed by atoms with Crippen molar-refractivity contribution in [2.24, 2.45) is 0 Å². The molecule has 0 amide bonds. The van der Waals surface area contributed by atoms with Crippen LogP contribution in [0.4, 0.5) is 0 Å². The lowest BCUT2D eigenvalue weighted by molar-refractivity contribution is -0.158. The second-order valence-electron chi connectivity index (χ2n) is 4.18. The van der Waals surface area contributed by atoms with Crippen molar-refractivity contribution in [2.75, 3.05) is 12.5 Å². The Bertz CT molecular complexity index is 355. The number of benzene rings is 1. The Morgan fingerprint density at radius 3 is 2.62 bits per heavy atom. The predicted molar refractivity (Wildman–Crippen MR) is 67.8 cm³/mol. The SMILES string of the molecule is BC[C@@]1(c2ccc(C)cc2)OC[C@@H](CCl)O1. The van der Waals surface area contributed by atoms with Crippen molar-refractivity contribution in [3.8, 4) is 0 Å². The van der Waals surface area contributed by atoms with E-state index in [0.717, 1.165) is 11.9 Å². The average Bonchev–Trinajstić information content (AvgIpc) is 2.75. The second kappa shape index (κ2) is 4.78. The number of ether oxygens (including phenoxy) is 2. The Hall–Kier alpha value is -0.505. The smallest absolute Gasteiger partial charge is 0.188 e. The highest BCUT2D eigenvalue weighted by Crippen LogP contribution is 2.37. The summed E-state index contributed by atoms with van der Waals surface area (Å²) < 4.78 is 11.7. The van der Waals surface area contributed by atoms with Crippen LogP contribution in [-0.2, 0) is 15.3 Å². The van der Waals surface area contributed by atoms with Crippen molar-refractivity contribution in [2.45, 2.75) is 25.1 Å². The molecule has 0 aromatic heterocycles. The minimum absolute atomic E-state index is 0.00270. The van der Waals surface area contributed by atoms with Gasteiger partial charge < -0.3 is 9.47 Å². The molecule has 0 aliphatic carbocycles. The van der Waals surface area contributed by atoms with Gasteiger partial charge in [-0.1, -0.05) is 29.8 Å². The first-order chi connectivity index (χ1) is 7.70. The first kappa shape index (κ1) is 12.0. The highest BCUT2D eigenvalue weighted by Gasteiger charge is 2.40. The Morgan fingerprint density at radius 2 is 2.12 bits per heavy atom. The summed E-state index contributed by atoms with van der Waals surface area (Å²) in [6.07, 6.45) is 0.798. The first-order valence-corrected chi connectivity index (χ1v) is 6.18. The summed E-state index contributed by atoms with van der Waals surface area (Å²) in [6, 6.07) is 8.28. The average molecular weight is 239 g/mol. The molecule has 0 spiro atoms. The van der Waals surface area contributed by atoms with E-state index in [0.29, 0.717) is 12.5 Å². The van der Waals surface area contributed by atoms with E-state index in [4.69, 9.17) is 21.1 Å². The van der Waals surface area contributed by atoms with Gasteiger partial charge in [0.05, 0.1) is 18.6 Å². The molecule has 1 saturated heterocycles. The van der Waals surface area contributed by atoms with E-state index in [9.17, 15) is 0 Å². The summed E-state index contributed by atoms with van der Waals surface area (Å²) in [5, 5.41) is 0. The van der Waals surface area contributed by atoms with E-state index < -0.39 is 5.79 Å². The Labute approximate surface area is 102 Å². The molecular weight excluding hydrogens is 222 g/mol. The molecule has 1 aliphatic heterocycles. The highest BCUT2D eigenvalue weighted by atomic mass is 35.5. The van der Waals surface area contributed by atoms with Crippen molar-refractivity contribution < 1.29 is 9.47 Å². The minimum Gasteiger partial charge on any atom is -0.344 e. The molecule has 0 bridgehead atoms. The molecule has 86 valence electrons. The van der Waals surface area contributed by atoms with E-state index in [1.807, 2.05) is 0 Å². The van der Waals surface area contributed by atoms with E-state index in [1.165, 1.54) is 5.56 Å². The standard InChI is InChI=1S/C12H16BClO2/c1-9-2-4-10(5-3-9)12(8-13)15-7-11(6-14)16-12/h2-5,11H,6-8,13H2,1H3/t11-,12-/m1/s1. The molecule has 2 atom stereocenters. The summed E-state index contributed by atoms with van der Waals surface area (Å²) in [6.45, 7) is 2.64. The van der Waals surface area contributed by atoms with Gasteiger partial charge in [0.15, 0.2) is 5.79 Å². The van der Waals surface area contributed by atoms with Crippen LogP contribution in [-0.4, -0.2) is 26.4 Å². The maximum atomic E-state index is 5.92. The molecule has 16 heavy (non-hydrogen) atoms. The van der Waals surface area contributed by atoms with E-state index in [1.54, 1.807) is 0 Å². The first-order valence-electron chi connectivity index (χ1n) is 5.65. The molecule has 0 N–H and O–H groups in total. The van der Waals surface area contributed by atoms with Crippen molar-refractivity contribution >= 4 is 19.4 Å². The number of rotatable bonds is 3. The third-order valence-electron chi connectivity index (χ3n) is 2.99. The molecule has 2 rings (SSSR count). The van der Waals surface area contributed by atoms with Gasteiger partial charge in [-0.3, -0.25) is 0 Å². The summed E-state index contributed by atoms with van der Waals surface area (Å²) in [5.74, 6) is -0.110. The maximum Gasteiger partial charge on any atom is 0.188 e. The van der Waals surface area contributed by atoms with Crippen molar-refractivity contribution in [1.82, 2.24) is 0 Å². The van der Waals surface area contributed by atoms with Crippen LogP contribution in [0.15, 0.2) is 24.3 Å². The van der Waals surface area contributed by atoms with Gasteiger partial charge in [0.1, 0.15) is 7.85 Å². The highest BCUT2D eigenvalue weighted by molar-refractivity contribution is 6.18. The predicted octanol–water partition coefficient (Wildman–Crippen LogP) is 1.85. The number of hydrogen-bond acceptors (Lipinski definition) is 2. The van der Waals surface area contributed by atoms with Crippen LogP contribution in [0.5, 0.6) is 0 Å². The van der Waals surface area contributed by atoms with Gasteiger partial charge in [-0.05, 0) is 13.2 Å². The van der Waals surface area contributed by atoms with Gasteiger partial charge in [-0.25, -0.2) is 0 Å². The van der Waals surface area contributed by atoms with Gasteiger partial charge in [0.2, 0.25) is 0 Å². The molecule has 1 heterocycles. The molecule has 1 aromatic carbocycles. The summed E-state index contributed by atoms with van der Waals surface area (Å²) in [4.78, 5) is 0. The molecule has 0 saturated carbocycles. The van der Waals surface area contributed by atoms with Gasteiger partial charge in [-0.2, -0.15) is 0 Å². The minimum atomic E-state index is -0.590. The molecular formula is C12H16BClO2. The largest absolute Gasteiger partial charge is 0.344 e. The summed E-state index contributed by atoms with van der Waals surface area (Å²) in [7, 11) is 2.07. The lowest BCUT2D eigenvalue weighted by Gasteiger charge is -2.27. The quantitative estimate of drug-likeness (QED) is 0.591. The summed E-state index contributed by atoms with van der Waals surface area (Å²) >= 11 is 5.80. The molecule has 1 aromatic rings. The molecule has 1 aliphatic rings. The zero-order valence-electron chi connectivity index (χ0n) is 9.70. The molecule has 4 heteroatoms. The molecule has 0 unspecified atom stereocenters. The van der Waals surface area contributed by atoms with Crippen LogP contribution >= 0.6 is 11.6 Å². The fourth-order valence-corrected chi connectivity index (χ4v) is 2.14. The van der Waals surface area contributed by atoms with Gasteiger partial charge in [0, 0.05) is 5.56 Å². The third kappa shape index (κ3) is 2.12. The van der Waals surface area contributed by atoms with Gasteiger partial charge in [0.25, 0.3) is 0 Å². The Morgan fingerprint density at radius 1 is 1.44 bits per heavy atom. The third-order valence-corrected chi connectivity index (χ3v) is 3.33. The van der Waals surface area contributed by atoms with E-state index >= 15 is 0 Å². The fourth-order valence-electron chi connectivity index (χ4n) is 1.99. The number of alkyl halides is 1. The van der Waals surface area contributed by atoms with E-state index in [-0.39, 0.29) is 6.10 Å². The molecule has 0 radical (unpaired) electrons. The fraction of sp³-hybridized carbons (Fsp3) is 0.500. The Kier molecular flexibility index (Phi) is 3.58. The summed E-state index contributed by atoms with van der Waals surface area (Å²) in [5.41, 5.74) is 2.31. The monoisotopic (exact) mass is 238 g/mol. The number of aryl methyl sites for hydroxylation is 1. The van der Waals surface area contributed by atoms with Crippen LogP contribution < -0.4 is 0 Å². The normalized spacial score (nSPS) is 29.5. The van der Waals surface area contributed by atoms with Crippen molar-refractivity contribution in [3.63, 3.8) is 0 Å².